The molecule has 0 radical (unpaired) electrons. The number of carbonyl (C=O) groups is 3. The number of thioether (sulfide) groups is 1. The number of halogens is 1. The summed E-state index contributed by atoms with van der Waals surface area (Å²) in [4.78, 5) is 37.9. The number of imide groups is 1. The van der Waals surface area contributed by atoms with Gasteiger partial charge >= 0.3 is 0 Å². The Morgan fingerprint density at radius 2 is 1.92 bits per heavy atom. The number of nitrogens with zero attached hydrogens (tertiary/aromatic N) is 1. The van der Waals surface area contributed by atoms with Gasteiger partial charge in [-0.05, 0) is 83.6 Å². The van der Waals surface area contributed by atoms with Gasteiger partial charge in [-0.25, -0.2) is 0 Å². The molecule has 0 spiro atoms. The predicted molar refractivity (Wildman–Crippen MR) is 109 cm³/mol. The largest absolute Gasteiger partial charge is 0.451 e. The normalized spacial score (nSPS) is 15.8. The van der Waals surface area contributed by atoms with Crippen LogP contribution in [0.4, 0.5) is 10.5 Å². The van der Waals surface area contributed by atoms with E-state index in [-0.39, 0.29) is 11.4 Å². The average molecular weight is 482 g/mol. The summed E-state index contributed by atoms with van der Waals surface area (Å²) in [7, 11) is 0. The molecular formula is C18H15IN2O4S. The van der Waals surface area contributed by atoms with Crippen molar-refractivity contribution < 1.29 is 18.8 Å². The van der Waals surface area contributed by atoms with Gasteiger partial charge in [0.2, 0.25) is 5.91 Å². The first kappa shape index (κ1) is 18.7. The smallest absolute Gasteiger partial charge is 0.294 e. The highest BCUT2D eigenvalue weighted by Crippen LogP contribution is 2.32. The topological polar surface area (TPSA) is 79.6 Å². The molecule has 1 saturated heterocycles. The molecular weight excluding hydrogens is 467 g/mol. The third kappa shape index (κ3) is 4.36. The Morgan fingerprint density at radius 1 is 1.23 bits per heavy atom. The molecule has 1 aliphatic heterocycles. The summed E-state index contributed by atoms with van der Waals surface area (Å²) in [5, 5.41) is 2.25. The van der Waals surface area contributed by atoms with Crippen LogP contribution >= 0.6 is 34.4 Å². The molecule has 0 aliphatic carbocycles. The summed E-state index contributed by atoms with van der Waals surface area (Å²) in [6.07, 6.45) is 1.51. The first-order valence-corrected chi connectivity index (χ1v) is 9.60. The maximum atomic E-state index is 12.4. The quantitative estimate of drug-likeness (QED) is 0.523. The molecule has 1 N–H and O–H groups in total. The number of anilines is 1. The number of nitrogens with one attached hydrogen (secondary N) is 1. The van der Waals surface area contributed by atoms with Crippen molar-refractivity contribution in [2.45, 2.75) is 13.8 Å². The summed E-state index contributed by atoms with van der Waals surface area (Å²) in [6, 6.07) is 9.12. The van der Waals surface area contributed by atoms with Crippen molar-refractivity contribution in [1.82, 2.24) is 4.90 Å². The Hall–Kier alpha value is -2.07. The Bertz CT molecular complexity index is 915. The van der Waals surface area contributed by atoms with E-state index in [0.29, 0.717) is 15.2 Å². The van der Waals surface area contributed by atoms with E-state index < -0.39 is 17.1 Å². The van der Waals surface area contributed by atoms with Gasteiger partial charge in [-0.1, -0.05) is 6.07 Å². The van der Waals surface area contributed by atoms with Crippen molar-refractivity contribution >= 4 is 63.2 Å². The predicted octanol–water partition coefficient (Wildman–Crippen LogP) is 4.18. The summed E-state index contributed by atoms with van der Waals surface area (Å²) in [5.41, 5.74) is 2.67. The molecule has 3 rings (SSSR count). The number of carbonyl (C=O) groups excluding carboxylic acids is 3. The third-order valence-electron chi connectivity index (χ3n) is 3.55. The van der Waals surface area contributed by atoms with E-state index in [0.717, 1.165) is 27.8 Å². The highest BCUT2D eigenvalue weighted by Gasteiger charge is 2.36. The van der Waals surface area contributed by atoms with Crippen LogP contribution in [-0.4, -0.2) is 28.5 Å². The lowest BCUT2D eigenvalue weighted by molar-refractivity contribution is -0.127. The van der Waals surface area contributed by atoms with E-state index in [2.05, 4.69) is 5.32 Å². The van der Waals surface area contributed by atoms with E-state index in [1.54, 1.807) is 12.1 Å². The number of furan rings is 1. The lowest BCUT2D eigenvalue weighted by Crippen LogP contribution is -2.36. The maximum absolute atomic E-state index is 12.4. The molecule has 134 valence electrons. The van der Waals surface area contributed by atoms with Crippen molar-refractivity contribution in [3.63, 3.8) is 0 Å². The van der Waals surface area contributed by atoms with Crippen LogP contribution in [0, 0.1) is 17.6 Å². The van der Waals surface area contributed by atoms with Gasteiger partial charge in [0.15, 0.2) is 3.77 Å². The first-order valence-electron chi connectivity index (χ1n) is 7.70. The standard InChI is InChI=1S/C18H15IN2O4S/c1-10-5-11(2)7-12(6-10)20-16(22)9-21-17(23)14(26-18(21)24)8-13-3-4-15(19)25-13/h3-8H,9H2,1-2H3,(H,20,22)/b14-8-. The second kappa shape index (κ2) is 7.67. The van der Waals surface area contributed by atoms with Crippen LogP contribution in [0.5, 0.6) is 0 Å². The zero-order valence-corrected chi connectivity index (χ0v) is 17.0. The zero-order valence-electron chi connectivity index (χ0n) is 14.0. The summed E-state index contributed by atoms with van der Waals surface area (Å²) in [6.45, 7) is 3.53. The van der Waals surface area contributed by atoms with Crippen LogP contribution in [-0.2, 0) is 9.59 Å². The van der Waals surface area contributed by atoms with Gasteiger partial charge in [-0.2, -0.15) is 0 Å². The second-order valence-electron chi connectivity index (χ2n) is 5.83. The van der Waals surface area contributed by atoms with Crippen LogP contribution in [0.25, 0.3) is 6.08 Å². The number of amides is 3. The monoisotopic (exact) mass is 482 g/mol. The Morgan fingerprint density at radius 3 is 2.54 bits per heavy atom. The van der Waals surface area contributed by atoms with Gasteiger partial charge in [0.1, 0.15) is 12.3 Å². The molecule has 3 amide bonds. The molecule has 0 saturated carbocycles. The van der Waals surface area contributed by atoms with Gasteiger partial charge < -0.3 is 9.73 Å². The fraction of sp³-hybridized carbons (Fsp3) is 0.167. The lowest BCUT2D eigenvalue weighted by atomic mass is 10.1. The van der Waals surface area contributed by atoms with Crippen molar-refractivity contribution in [2.24, 2.45) is 0 Å². The molecule has 8 heteroatoms. The Balaban J connectivity index is 1.69. The molecule has 0 atom stereocenters. The molecule has 0 bridgehead atoms. The van der Waals surface area contributed by atoms with Gasteiger partial charge in [-0.3, -0.25) is 19.3 Å². The Labute approximate surface area is 168 Å². The van der Waals surface area contributed by atoms with E-state index in [1.807, 2.05) is 54.6 Å². The minimum atomic E-state index is -0.498. The zero-order chi connectivity index (χ0) is 18.8. The number of hydrogen-bond donors (Lipinski definition) is 1. The van der Waals surface area contributed by atoms with Crippen LogP contribution in [0.3, 0.4) is 0 Å². The number of hydrogen-bond acceptors (Lipinski definition) is 5. The minimum Gasteiger partial charge on any atom is -0.451 e. The van der Waals surface area contributed by atoms with E-state index in [4.69, 9.17) is 4.42 Å². The summed E-state index contributed by atoms with van der Waals surface area (Å²) < 4.78 is 6.06. The van der Waals surface area contributed by atoms with E-state index >= 15 is 0 Å². The van der Waals surface area contributed by atoms with Crippen LogP contribution < -0.4 is 5.32 Å². The molecule has 6 nitrogen and oxygen atoms in total. The van der Waals surface area contributed by atoms with Crippen molar-refractivity contribution in [3.8, 4) is 0 Å². The van der Waals surface area contributed by atoms with Crippen molar-refractivity contribution in [1.29, 1.82) is 0 Å². The van der Waals surface area contributed by atoms with Crippen LogP contribution in [0.15, 0.2) is 39.7 Å². The number of rotatable bonds is 4. The van der Waals surface area contributed by atoms with Gasteiger partial charge in [0.05, 0.1) is 4.91 Å². The minimum absolute atomic E-state index is 0.236. The van der Waals surface area contributed by atoms with Crippen LogP contribution in [0.1, 0.15) is 16.9 Å². The summed E-state index contributed by atoms with van der Waals surface area (Å²) >= 11 is 2.81. The summed E-state index contributed by atoms with van der Waals surface area (Å²) in [5.74, 6) is -0.437. The van der Waals surface area contributed by atoms with Gasteiger partial charge in [0.25, 0.3) is 11.1 Å². The molecule has 26 heavy (non-hydrogen) atoms. The fourth-order valence-corrected chi connectivity index (χ4v) is 3.81. The average Bonchev–Trinajstić information content (AvgIpc) is 3.05. The maximum Gasteiger partial charge on any atom is 0.294 e. The fourth-order valence-electron chi connectivity index (χ4n) is 2.56. The SMILES string of the molecule is Cc1cc(C)cc(NC(=O)CN2C(=O)S/C(=C\c3ccc(I)o3)C2=O)c1. The lowest BCUT2D eigenvalue weighted by Gasteiger charge is -2.13. The van der Waals surface area contributed by atoms with Crippen molar-refractivity contribution in [3.05, 3.63) is 55.9 Å². The third-order valence-corrected chi connectivity index (χ3v) is 5.04. The first-order chi connectivity index (χ1) is 12.3. The van der Waals surface area contributed by atoms with Crippen LogP contribution in [0.2, 0.25) is 0 Å². The molecule has 0 unspecified atom stereocenters. The second-order valence-corrected chi connectivity index (χ2v) is 7.89. The molecule has 1 aromatic heterocycles. The molecule has 1 aromatic carbocycles. The van der Waals surface area contributed by atoms with Gasteiger partial charge in [-0.15, -0.1) is 0 Å². The number of benzene rings is 1. The number of aryl methyl sites for hydroxylation is 2. The molecule has 1 fully saturated rings. The van der Waals surface area contributed by atoms with Crippen molar-refractivity contribution in [2.75, 3.05) is 11.9 Å². The van der Waals surface area contributed by atoms with E-state index in [1.165, 1.54) is 6.08 Å². The molecule has 2 heterocycles. The highest BCUT2D eigenvalue weighted by atomic mass is 127. The Kier molecular flexibility index (Phi) is 5.52. The van der Waals surface area contributed by atoms with Gasteiger partial charge in [0, 0.05) is 11.8 Å². The molecule has 2 aromatic rings. The van der Waals surface area contributed by atoms with E-state index in [9.17, 15) is 14.4 Å². The molecule has 1 aliphatic rings. The highest BCUT2D eigenvalue weighted by molar-refractivity contribution is 14.1.